The predicted molar refractivity (Wildman–Crippen MR) is 60.2 cm³/mol. The van der Waals surface area contributed by atoms with E-state index in [1.54, 1.807) is 0 Å². The highest BCUT2D eigenvalue weighted by molar-refractivity contribution is 5.75. The summed E-state index contributed by atoms with van der Waals surface area (Å²) < 4.78 is 0. The first-order valence-corrected chi connectivity index (χ1v) is 5.35. The molecule has 0 aromatic heterocycles. The number of hydrogen-bond donors (Lipinski definition) is 1. The van der Waals surface area contributed by atoms with Crippen LogP contribution in [0.3, 0.4) is 0 Å². The van der Waals surface area contributed by atoms with Crippen LogP contribution in [0.2, 0.25) is 0 Å². The van der Waals surface area contributed by atoms with Crippen LogP contribution >= 0.6 is 0 Å². The molecule has 1 aromatic carbocycles. The summed E-state index contributed by atoms with van der Waals surface area (Å²) in [5.41, 5.74) is 3.34. The minimum absolute atomic E-state index is 0.813. The van der Waals surface area contributed by atoms with Gasteiger partial charge in [0.1, 0.15) is 6.29 Å². The molecule has 15 heavy (non-hydrogen) atoms. The third-order valence-corrected chi connectivity index (χ3v) is 2.75. The van der Waals surface area contributed by atoms with Crippen LogP contribution in [-0.2, 0) is 11.3 Å². The zero-order valence-corrected chi connectivity index (χ0v) is 8.70. The molecular formula is C13H15NO. The van der Waals surface area contributed by atoms with Crippen LogP contribution < -0.4 is 5.32 Å². The lowest BCUT2D eigenvalue weighted by molar-refractivity contribution is -0.105. The van der Waals surface area contributed by atoms with Crippen LogP contribution in [0.25, 0.3) is 0 Å². The molecule has 2 nitrogen and oxygen atoms in total. The van der Waals surface area contributed by atoms with E-state index in [1.807, 2.05) is 18.2 Å². The van der Waals surface area contributed by atoms with Gasteiger partial charge in [-0.2, -0.15) is 0 Å². The smallest absolute Gasteiger partial charge is 0.147 e. The summed E-state index contributed by atoms with van der Waals surface area (Å²) in [4.78, 5) is 10.7. The van der Waals surface area contributed by atoms with E-state index < -0.39 is 0 Å². The van der Waals surface area contributed by atoms with Crippen molar-refractivity contribution < 1.29 is 4.79 Å². The zero-order valence-electron chi connectivity index (χ0n) is 8.70. The number of rotatable bonds is 4. The summed E-state index contributed by atoms with van der Waals surface area (Å²) in [5, 5.41) is 3.35. The fourth-order valence-electron chi connectivity index (χ4n) is 1.90. The van der Waals surface area contributed by atoms with Crippen LogP contribution in [0, 0.1) is 0 Å². The highest BCUT2D eigenvalue weighted by atomic mass is 16.1. The number of carbonyl (C=O) groups excluding carboxylic acids is 1. The third kappa shape index (κ3) is 2.46. The lowest BCUT2D eigenvalue weighted by Gasteiger charge is -2.07. The van der Waals surface area contributed by atoms with Gasteiger partial charge >= 0.3 is 0 Å². The largest absolute Gasteiger partial charge is 0.384 e. The quantitative estimate of drug-likeness (QED) is 0.758. The van der Waals surface area contributed by atoms with Crippen molar-refractivity contribution >= 4 is 6.29 Å². The molecule has 0 saturated heterocycles. The molecule has 0 heterocycles. The summed E-state index contributed by atoms with van der Waals surface area (Å²) in [6.45, 7) is 0.813. The van der Waals surface area contributed by atoms with Crippen molar-refractivity contribution in [3.63, 3.8) is 0 Å². The first-order chi connectivity index (χ1) is 7.40. The molecule has 1 aliphatic carbocycles. The molecule has 0 amide bonds. The molecule has 0 radical (unpaired) electrons. The Morgan fingerprint density at radius 1 is 1.20 bits per heavy atom. The number of nitrogens with one attached hydrogen (secondary N) is 1. The second kappa shape index (κ2) is 4.78. The topological polar surface area (TPSA) is 29.1 Å². The first-order valence-electron chi connectivity index (χ1n) is 5.35. The van der Waals surface area contributed by atoms with Gasteiger partial charge in [-0.15, -0.1) is 0 Å². The maximum atomic E-state index is 10.7. The van der Waals surface area contributed by atoms with E-state index in [2.05, 4.69) is 17.4 Å². The van der Waals surface area contributed by atoms with E-state index in [-0.39, 0.29) is 0 Å². The van der Waals surface area contributed by atoms with Crippen molar-refractivity contribution in [2.24, 2.45) is 0 Å². The number of allylic oxidation sites excluding steroid dienone is 2. The van der Waals surface area contributed by atoms with Gasteiger partial charge in [-0.1, -0.05) is 30.3 Å². The second-order valence-electron chi connectivity index (χ2n) is 3.81. The van der Waals surface area contributed by atoms with E-state index in [0.29, 0.717) is 0 Å². The summed E-state index contributed by atoms with van der Waals surface area (Å²) >= 11 is 0. The van der Waals surface area contributed by atoms with Gasteiger partial charge in [0.2, 0.25) is 0 Å². The molecule has 2 rings (SSSR count). The average Bonchev–Trinajstić information content (AvgIpc) is 2.75. The maximum Gasteiger partial charge on any atom is 0.147 e. The van der Waals surface area contributed by atoms with Crippen molar-refractivity contribution in [3.8, 4) is 0 Å². The van der Waals surface area contributed by atoms with Crippen LogP contribution in [0.1, 0.15) is 24.8 Å². The van der Waals surface area contributed by atoms with Crippen molar-refractivity contribution in [2.75, 3.05) is 0 Å². The van der Waals surface area contributed by atoms with Crippen molar-refractivity contribution in [1.82, 2.24) is 5.32 Å². The number of benzene rings is 1. The van der Waals surface area contributed by atoms with Crippen molar-refractivity contribution in [3.05, 3.63) is 47.2 Å². The molecule has 1 aliphatic rings. The van der Waals surface area contributed by atoms with Gasteiger partial charge in [-0.25, -0.2) is 0 Å². The minimum Gasteiger partial charge on any atom is -0.384 e. The normalized spacial score (nSPS) is 15.5. The Hall–Kier alpha value is -1.57. The Morgan fingerprint density at radius 3 is 2.73 bits per heavy atom. The van der Waals surface area contributed by atoms with Crippen molar-refractivity contribution in [2.45, 2.75) is 25.8 Å². The SMILES string of the molecule is O=CC1=C(NCc2ccccc2)CCC1. The second-order valence-corrected chi connectivity index (χ2v) is 3.81. The Bertz CT molecular complexity index is 367. The highest BCUT2D eigenvalue weighted by Gasteiger charge is 2.12. The summed E-state index contributed by atoms with van der Waals surface area (Å²) in [6, 6.07) is 10.2. The third-order valence-electron chi connectivity index (χ3n) is 2.75. The molecule has 1 aromatic rings. The van der Waals surface area contributed by atoms with Crippen LogP contribution in [0.15, 0.2) is 41.6 Å². The molecule has 0 unspecified atom stereocenters. The van der Waals surface area contributed by atoms with Crippen LogP contribution in [0.5, 0.6) is 0 Å². The molecule has 0 spiro atoms. The molecule has 78 valence electrons. The van der Waals surface area contributed by atoms with Gasteiger partial charge in [0.15, 0.2) is 0 Å². The van der Waals surface area contributed by atoms with E-state index >= 15 is 0 Å². The predicted octanol–water partition coefficient (Wildman–Crippen LogP) is 2.41. The van der Waals surface area contributed by atoms with Gasteiger partial charge in [-0.3, -0.25) is 4.79 Å². The van der Waals surface area contributed by atoms with Gasteiger partial charge in [0.25, 0.3) is 0 Å². The van der Waals surface area contributed by atoms with Crippen molar-refractivity contribution in [1.29, 1.82) is 0 Å². The summed E-state index contributed by atoms with van der Waals surface area (Å²) in [6.07, 6.45) is 4.03. The Kier molecular flexibility index (Phi) is 3.18. The van der Waals surface area contributed by atoms with Crippen LogP contribution in [0.4, 0.5) is 0 Å². The molecule has 0 saturated carbocycles. The molecule has 2 heteroatoms. The summed E-state index contributed by atoms with van der Waals surface area (Å²) in [5.74, 6) is 0. The summed E-state index contributed by atoms with van der Waals surface area (Å²) in [7, 11) is 0. The molecule has 0 bridgehead atoms. The molecule has 0 aliphatic heterocycles. The maximum absolute atomic E-state index is 10.7. The lowest BCUT2D eigenvalue weighted by atomic mass is 10.2. The zero-order chi connectivity index (χ0) is 10.5. The Labute approximate surface area is 90.0 Å². The number of aldehydes is 1. The van der Waals surface area contributed by atoms with E-state index in [1.165, 1.54) is 5.56 Å². The minimum atomic E-state index is 0.813. The first kappa shape index (κ1) is 9.97. The van der Waals surface area contributed by atoms with E-state index in [4.69, 9.17) is 0 Å². The average molecular weight is 201 g/mol. The van der Waals surface area contributed by atoms with E-state index in [0.717, 1.165) is 43.4 Å². The monoisotopic (exact) mass is 201 g/mol. The molecule has 0 atom stereocenters. The fraction of sp³-hybridized carbons (Fsp3) is 0.308. The lowest BCUT2D eigenvalue weighted by Crippen LogP contribution is -2.12. The molecule has 1 N–H and O–H groups in total. The Balaban J connectivity index is 1.96. The standard InChI is InChI=1S/C13H15NO/c15-10-12-7-4-8-13(12)14-9-11-5-2-1-3-6-11/h1-3,5-6,10,14H,4,7-9H2. The fourth-order valence-corrected chi connectivity index (χ4v) is 1.90. The number of hydrogen-bond acceptors (Lipinski definition) is 2. The molecular weight excluding hydrogens is 186 g/mol. The van der Waals surface area contributed by atoms with E-state index in [9.17, 15) is 4.79 Å². The van der Waals surface area contributed by atoms with Gasteiger partial charge in [0.05, 0.1) is 0 Å². The van der Waals surface area contributed by atoms with Gasteiger partial charge in [-0.05, 0) is 24.8 Å². The van der Waals surface area contributed by atoms with Gasteiger partial charge < -0.3 is 5.32 Å². The highest BCUT2D eigenvalue weighted by Crippen LogP contribution is 2.22. The number of carbonyl (C=O) groups is 1. The molecule has 0 fully saturated rings. The van der Waals surface area contributed by atoms with Crippen LogP contribution in [-0.4, -0.2) is 6.29 Å². The Morgan fingerprint density at radius 2 is 2.00 bits per heavy atom. The van der Waals surface area contributed by atoms with Gasteiger partial charge in [0, 0.05) is 17.8 Å².